The monoisotopic (exact) mass is 622 g/mol. The summed E-state index contributed by atoms with van der Waals surface area (Å²) in [6, 6.07) is 13.6. The molecule has 0 bridgehead atoms. The minimum Gasteiger partial charge on any atom is -0.497 e. The van der Waals surface area contributed by atoms with E-state index in [0.717, 1.165) is 44.7 Å². The maximum Gasteiger partial charge on any atom is 0.416 e. The molecule has 4 rings (SSSR count). The number of hydrogen-bond acceptors (Lipinski definition) is 9. The molecular formula is C34H47FN6O4. The number of amides is 1. The van der Waals surface area contributed by atoms with Crippen molar-refractivity contribution in [2.45, 2.75) is 46.8 Å². The SMILES string of the molecule is COc1cccc(COC(=O)N(c2ccnc(Nc3ccc(OCCCN4CCN(C)CC4)c(F)c3)n2)C(C(C)C)C(C)C)c1. The van der Waals surface area contributed by atoms with Crippen LogP contribution < -0.4 is 19.7 Å². The van der Waals surface area contributed by atoms with Crippen LogP contribution in [-0.2, 0) is 11.3 Å². The summed E-state index contributed by atoms with van der Waals surface area (Å²) in [6.07, 6.45) is 1.88. The number of carbonyl (C=O) groups excluding carboxylic acids is 1. The van der Waals surface area contributed by atoms with E-state index in [2.05, 4.69) is 59.8 Å². The van der Waals surface area contributed by atoms with Gasteiger partial charge in [-0.3, -0.25) is 4.90 Å². The second-order valence-electron chi connectivity index (χ2n) is 12.1. The van der Waals surface area contributed by atoms with E-state index in [1.807, 2.05) is 24.3 Å². The molecule has 0 radical (unpaired) electrons. The van der Waals surface area contributed by atoms with Crippen LogP contribution in [0.15, 0.2) is 54.7 Å². The average molecular weight is 623 g/mol. The molecule has 1 amide bonds. The van der Waals surface area contributed by atoms with Crippen LogP contribution in [0.4, 0.5) is 26.6 Å². The van der Waals surface area contributed by atoms with Gasteiger partial charge in [0, 0.05) is 56.7 Å². The molecule has 3 aromatic rings. The molecule has 10 nitrogen and oxygen atoms in total. The highest BCUT2D eigenvalue weighted by Gasteiger charge is 2.33. The van der Waals surface area contributed by atoms with Crippen LogP contribution in [0.2, 0.25) is 0 Å². The van der Waals surface area contributed by atoms with Gasteiger partial charge >= 0.3 is 6.09 Å². The van der Waals surface area contributed by atoms with Gasteiger partial charge in [0.25, 0.3) is 0 Å². The second-order valence-corrected chi connectivity index (χ2v) is 12.1. The molecule has 0 spiro atoms. The summed E-state index contributed by atoms with van der Waals surface area (Å²) in [5.41, 5.74) is 1.27. The van der Waals surface area contributed by atoms with Crippen molar-refractivity contribution >= 4 is 23.5 Å². The number of ether oxygens (including phenoxy) is 3. The van der Waals surface area contributed by atoms with Gasteiger partial charge in [-0.25, -0.2) is 14.2 Å². The van der Waals surface area contributed by atoms with E-state index in [1.165, 1.54) is 6.07 Å². The topological polar surface area (TPSA) is 92.3 Å². The average Bonchev–Trinajstić information content (AvgIpc) is 3.02. The fourth-order valence-electron chi connectivity index (χ4n) is 5.62. The molecule has 244 valence electrons. The molecule has 0 unspecified atom stereocenters. The van der Waals surface area contributed by atoms with Crippen LogP contribution in [0.1, 0.15) is 39.7 Å². The van der Waals surface area contributed by atoms with Gasteiger partial charge in [-0.15, -0.1) is 0 Å². The van der Waals surface area contributed by atoms with E-state index < -0.39 is 11.9 Å². The van der Waals surface area contributed by atoms with Gasteiger partial charge in [0.1, 0.15) is 18.2 Å². The van der Waals surface area contributed by atoms with Crippen molar-refractivity contribution in [3.05, 3.63) is 66.1 Å². The predicted octanol–water partition coefficient (Wildman–Crippen LogP) is 6.21. The van der Waals surface area contributed by atoms with E-state index in [4.69, 9.17) is 14.2 Å². The van der Waals surface area contributed by atoms with Crippen molar-refractivity contribution in [3.8, 4) is 11.5 Å². The highest BCUT2D eigenvalue weighted by Crippen LogP contribution is 2.28. The minimum atomic E-state index is -0.518. The van der Waals surface area contributed by atoms with Gasteiger partial charge in [0.05, 0.1) is 13.7 Å². The number of halogens is 1. The molecular weight excluding hydrogens is 575 g/mol. The van der Waals surface area contributed by atoms with Crippen LogP contribution in [0.25, 0.3) is 0 Å². The molecule has 1 aliphatic heterocycles. The van der Waals surface area contributed by atoms with E-state index in [1.54, 1.807) is 36.4 Å². The first kappa shape index (κ1) is 33.9. The lowest BCUT2D eigenvalue weighted by Gasteiger charge is -2.35. The fourth-order valence-corrected chi connectivity index (χ4v) is 5.62. The normalized spacial score (nSPS) is 14.2. The van der Waals surface area contributed by atoms with Gasteiger partial charge in [-0.2, -0.15) is 4.98 Å². The number of likely N-dealkylation sites (N-methyl/N-ethyl adjacent to an activating group) is 1. The first-order chi connectivity index (χ1) is 21.6. The molecule has 1 aliphatic rings. The molecule has 0 aliphatic carbocycles. The fraction of sp³-hybridized carbons (Fsp3) is 0.500. The van der Waals surface area contributed by atoms with E-state index in [9.17, 15) is 9.18 Å². The lowest BCUT2D eigenvalue weighted by molar-refractivity contribution is 0.139. The maximum atomic E-state index is 14.9. The molecule has 2 heterocycles. The van der Waals surface area contributed by atoms with Crippen LogP contribution in [0.3, 0.4) is 0 Å². The Kier molecular flexibility index (Phi) is 12.3. The zero-order valence-electron chi connectivity index (χ0n) is 27.3. The molecule has 0 saturated carbocycles. The van der Waals surface area contributed by atoms with E-state index in [-0.39, 0.29) is 36.2 Å². The number of carbonyl (C=O) groups is 1. The number of piperazine rings is 1. The van der Waals surface area contributed by atoms with Gasteiger partial charge in [-0.1, -0.05) is 39.8 Å². The number of benzene rings is 2. The van der Waals surface area contributed by atoms with Crippen molar-refractivity contribution in [1.29, 1.82) is 0 Å². The lowest BCUT2D eigenvalue weighted by Crippen LogP contribution is -2.47. The van der Waals surface area contributed by atoms with Crippen molar-refractivity contribution in [1.82, 2.24) is 19.8 Å². The predicted molar refractivity (Wildman–Crippen MR) is 175 cm³/mol. The molecule has 45 heavy (non-hydrogen) atoms. The Morgan fingerprint density at radius 1 is 1.04 bits per heavy atom. The summed E-state index contributed by atoms with van der Waals surface area (Å²) in [6.45, 7) is 13.9. The van der Waals surface area contributed by atoms with E-state index in [0.29, 0.717) is 23.9 Å². The smallest absolute Gasteiger partial charge is 0.416 e. The van der Waals surface area contributed by atoms with Crippen molar-refractivity contribution in [2.75, 3.05) is 63.7 Å². The molecule has 11 heteroatoms. The number of methoxy groups -OCH3 is 1. The molecule has 2 aromatic carbocycles. The summed E-state index contributed by atoms with van der Waals surface area (Å²) >= 11 is 0. The number of anilines is 3. The standard InChI is InChI=1S/C34H47FN6O4/c1-24(2)32(25(3)4)41(34(42)45-23-26-9-7-10-28(21-26)43-6)31-13-14-36-33(38-31)37-27-11-12-30(29(35)22-27)44-20-8-15-40-18-16-39(5)17-19-40/h7,9-14,21-22,24-25,32H,8,15-20,23H2,1-6H3,(H,36,37,38). The van der Waals surface area contributed by atoms with Gasteiger partial charge < -0.3 is 29.3 Å². The molecule has 1 N–H and O–H groups in total. The number of hydrogen-bond donors (Lipinski definition) is 1. The summed E-state index contributed by atoms with van der Waals surface area (Å²) in [5.74, 6) is 1.26. The summed E-state index contributed by atoms with van der Waals surface area (Å²) in [7, 11) is 3.73. The second kappa shape index (κ2) is 16.4. The first-order valence-electron chi connectivity index (χ1n) is 15.7. The summed E-state index contributed by atoms with van der Waals surface area (Å²) in [4.78, 5) is 28.9. The third-order valence-electron chi connectivity index (χ3n) is 7.91. The number of rotatable bonds is 14. The van der Waals surface area contributed by atoms with Gasteiger partial charge in [0.2, 0.25) is 5.95 Å². The van der Waals surface area contributed by atoms with Crippen molar-refractivity contribution in [2.24, 2.45) is 11.8 Å². The minimum absolute atomic E-state index is 0.0786. The molecule has 0 atom stereocenters. The Hall–Kier alpha value is -3.96. The third-order valence-corrected chi connectivity index (χ3v) is 7.91. The number of nitrogens with zero attached hydrogens (tertiary/aromatic N) is 5. The first-order valence-corrected chi connectivity index (χ1v) is 15.7. The van der Waals surface area contributed by atoms with Crippen LogP contribution in [-0.4, -0.2) is 85.4 Å². The highest BCUT2D eigenvalue weighted by atomic mass is 19.1. The zero-order chi connectivity index (χ0) is 32.3. The largest absolute Gasteiger partial charge is 0.497 e. The number of aromatic nitrogens is 2. The summed E-state index contributed by atoms with van der Waals surface area (Å²) < 4.78 is 31.7. The maximum absolute atomic E-state index is 14.9. The Labute approximate surface area is 266 Å². The van der Waals surface area contributed by atoms with Crippen LogP contribution >= 0.6 is 0 Å². The van der Waals surface area contributed by atoms with Gasteiger partial charge in [-0.05, 0) is 61.2 Å². The molecule has 1 fully saturated rings. The third kappa shape index (κ3) is 9.76. The van der Waals surface area contributed by atoms with Crippen LogP contribution in [0.5, 0.6) is 11.5 Å². The van der Waals surface area contributed by atoms with Crippen molar-refractivity contribution < 1.29 is 23.4 Å². The van der Waals surface area contributed by atoms with Crippen LogP contribution in [0, 0.1) is 17.7 Å². The van der Waals surface area contributed by atoms with Crippen molar-refractivity contribution in [3.63, 3.8) is 0 Å². The Morgan fingerprint density at radius 3 is 2.49 bits per heavy atom. The molecule has 1 saturated heterocycles. The van der Waals surface area contributed by atoms with Gasteiger partial charge in [0.15, 0.2) is 11.6 Å². The molecule has 1 aromatic heterocycles. The summed E-state index contributed by atoms with van der Waals surface area (Å²) in [5, 5.41) is 3.07. The zero-order valence-corrected chi connectivity index (χ0v) is 27.3. The Morgan fingerprint density at radius 2 is 1.80 bits per heavy atom. The highest BCUT2D eigenvalue weighted by molar-refractivity contribution is 5.87. The number of nitrogens with one attached hydrogen (secondary N) is 1. The Bertz CT molecular complexity index is 1370. The quantitative estimate of drug-likeness (QED) is 0.211. The Balaban J connectivity index is 1.42. The lowest BCUT2D eigenvalue weighted by atomic mass is 9.92. The van der Waals surface area contributed by atoms with E-state index >= 15 is 0 Å².